The summed E-state index contributed by atoms with van der Waals surface area (Å²) in [7, 11) is 0. The highest BCUT2D eigenvalue weighted by atomic mass is 16.4. The summed E-state index contributed by atoms with van der Waals surface area (Å²) in [4.78, 5) is 23.8. The standard InChI is InChI=1S/C14H18N2O4/c15-10-3-1-9(2-4-10)11-5-7-16(14(19)20)8-6-12(11)13(17)18/h1-4,11-12H,5-8,15H2,(H,17,18)(H,19,20). The van der Waals surface area contributed by atoms with Crippen LogP contribution in [0, 0.1) is 5.92 Å². The number of carboxylic acids is 1. The van der Waals surface area contributed by atoms with Crippen LogP contribution in [0.3, 0.4) is 0 Å². The zero-order valence-electron chi connectivity index (χ0n) is 11.0. The summed E-state index contributed by atoms with van der Waals surface area (Å²) in [5.74, 6) is -1.63. The number of hydrogen-bond acceptors (Lipinski definition) is 3. The normalized spacial score (nSPS) is 23.1. The third-order valence-electron chi connectivity index (χ3n) is 3.86. The second-order valence-corrected chi connectivity index (χ2v) is 5.06. The van der Waals surface area contributed by atoms with Crippen LogP contribution in [0.2, 0.25) is 0 Å². The third-order valence-corrected chi connectivity index (χ3v) is 3.86. The fraction of sp³-hybridized carbons (Fsp3) is 0.429. The molecule has 1 aliphatic rings. The largest absolute Gasteiger partial charge is 0.481 e. The van der Waals surface area contributed by atoms with E-state index in [4.69, 9.17) is 10.8 Å². The van der Waals surface area contributed by atoms with Crippen LogP contribution in [-0.2, 0) is 4.79 Å². The van der Waals surface area contributed by atoms with Gasteiger partial charge in [-0.05, 0) is 36.5 Å². The first-order valence-electron chi connectivity index (χ1n) is 6.55. The summed E-state index contributed by atoms with van der Waals surface area (Å²) in [6.45, 7) is 0.617. The third kappa shape index (κ3) is 3.01. The molecule has 0 aromatic heterocycles. The number of hydrogen-bond donors (Lipinski definition) is 3. The molecule has 2 rings (SSSR count). The first kappa shape index (κ1) is 14.2. The fourth-order valence-electron chi connectivity index (χ4n) is 2.73. The van der Waals surface area contributed by atoms with Crippen molar-refractivity contribution in [3.05, 3.63) is 29.8 Å². The number of nitrogen functional groups attached to an aromatic ring is 1. The quantitative estimate of drug-likeness (QED) is 0.716. The number of likely N-dealkylation sites (tertiary alicyclic amines) is 1. The maximum atomic E-state index is 11.4. The van der Waals surface area contributed by atoms with E-state index in [0.29, 0.717) is 25.1 Å². The molecule has 1 heterocycles. The highest BCUT2D eigenvalue weighted by molar-refractivity contribution is 5.72. The van der Waals surface area contributed by atoms with Gasteiger partial charge in [-0.2, -0.15) is 0 Å². The average Bonchev–Trinajstić information content (AvgIpc) is 2.62. The second-order valence-electron chi connectivity index (χ2n) is 5.06. The van der Waals surface area contributed by atoms with Crippen LogP contribution in [0.4, 0.5) is 10.5 Å². The predicted molar refractivity (Wildman–Crippen MR) is 73.6 cm³/mol. The van der Waals surface area contributed by atoms with Gasteiger partial charge in [0.15, 0.2) is 0 Å². The number of carboxylic acid groups (broad SMARTS) is 2. The van der Waals surface area contributed by atoms with Gasteiger partial charge >= 0.3 is 12.1 Å². The van der Waals surface area contributed by atoms with Gasteiger partial charge in [0.1, 0.15) is 0 Å². The Hall–Kier alpha value is -2.24. The van der Waals surface area contributed by atoms with Crippen LogP contribution in [0.25, 0.3) is 0 Å². The molecule has 1 amide bonds. The van der Waals surface area contributed by atoms with Crippen LogP contribution in [0.1, 0.15) is 24.3 Å². The van der Waals surface area contributed by atoms with Crippen molar-refractivity contribution in [2.45, 2.75) is 18.8 Å². The molecular formula is C14H18N2O4. The summed E-state index contributed by atoms with van der Waals surface area (Å²) in [5, 5.41) is 18.4. The van der Waals surface area contributed by atoms with E-state index >= 15 is 0 Å². The SMILES string of the molecule is Nc1ccc(C2CCN(C(=O)O)CCC2C(=O)O)cc1. The van der Waals surface area contributed by atoms with Crippen LogP contribution in [0.15, 0.2) is 24.3 Å². The van der Waals surface area contributed by atoms with E-state index in [0.717, 1.165) is 5.56 Å². The zero-order chi connectivity index (χ0) is 14.7. The summed E-state index contributed by atoms with van der Waals surface area (Å²) >= 11 is 0. The Morgan fingerprint density at radius 3 is 2.25 bits per heavy atom. The van der Waals surface area contributed by atoms with E-state index in [2.05, 4.69) is 0 Å². The van der Waals surface area contributed by atoms with Crippen LogP contribution < -0.4 is 5.73 Å². The van der Waals surface area contributed by atoms with E-state index in [1.807, 2.05) is 12.1 Å². The average molecular weight is 278 g/mol. The Bertz CT molecular complexity index is 500. The van der Waals surface area contributed by atoms with Gasteiger partial charge in [-0.1, -0.05) is 12.1 Å². The fourth-order valence-corrected chi connectivity index (χ4v) is 2.73. The molecule has 0 radical (unpaired) electrons. The number of anilines is 1. The van der Waals surface area contributed by atoms with Gasteiger partial charge in [0.25, 0.3) is 0 Å². The maximum Gasteiger partial charge on any atom is 0.407 e. The number of benzene rings is 1. The molecule has 0 bridgehead atoms. The maximum absolute atomic E-state index is 11.4. The van der Waals surface area contributed by atoms with Crippen molar-refractivity contribution in [3.63, 3.8) is 0 Å². The van der Waals surface area contributed by atoms with E-state index in [9.17, 15) is 14.7 Å². The second kappa shape index (κ2) is 5.81. The summed E-state index contributed by atoms with van der Waals surface area (Å²) in [5.41, 5.74) is 7.17. The monoisotopic (exact) mass is 278 g/mol. The zero-order valence-corrected chi connectivity index (χ0v) is 11.0. The minimum absolute atomic E-state index is 0.183. The first-order chi connectivity index (χ1) is 9.49. The number of carbonyl (C=O) groups is 2. The van der Waals surface area contributed by atoms with Crippen molar-refractivity contribution in [2.24, 2.45) is 5.92 Å². The molecule has 0 aliphatic carbocycles. The Balaban J connectivity index is 2.25. The van der Waals surface area contributed by atoms with E-state index in [-0.39, 0.29) is 12.5 Å². The van der Waals surface area contributed by atoms with Crippen LogP contribution in [-0.4, -0.2) is 40.3 Å². The van der Waals surface area contributed by atoms with Crippen molar-refractivity contribution in [3.8, 4) is 0 Å². The van der Waals surface area contributed by atoms with Gasteiger partial charge in [-0.15, -0.1) is 0 Å². The molecule has 6 nitrogen and oxygen atoms in total. The number of aliphatic carboxylic acids is 1. The van der Waals surface area contributed by atoms with Crippen molar-refractivity contribution in [1.29, 1.82) is 0 Å². The van der Waals surface area contributed by atoms with Gasteiger partial charge in [-0.3, -0.25) is 4.79 Å². The molecule has 108 valence electrons. The van der Waals surface area contributed by atoms with Gasteiger partial charge in [0, 0.05) is 18.8 Å². The highest BCUT2D eigenvalue weighted by Gasteiger charge is 2.33. The van der Waals surface area contributed by atoms with Gasteiger partial charge in [-0.25, -0.2) is 4.79 Å². The Morgan fingerprint density at radius 2 is 1.70 bits per heavy atom. The minimum atomic E-state index is -0.993. The Kier molecular flexibility index (Phi) is 4.12. The molecule has 1 aliphatic heterocycles. The summed E-state index contributed by atoms with van der Waals surface area (Å²) < 4.78 is 0. The van der Waals surface area contributed by atoms with Crippen LogP contribution >= 0.6 is 0 Å². The van der Waals surface area contributed by atoms with E-state index < -0.39 is 18.0 Å². The number of amides is 1. The smallest absolute Gasteiger partial charge is 0.407 e. The van der Waals surface area contributed by atoms with E-state index in [1.165, 1.54) is 4.90 Å². The molecule has 1 fully saturated rings. The summed E-state index contributed by atoms with van der Waals surface area (Å²) in [6.07, 6.45) is -0.156. The first-order valence-corrected chi connectivity index (χ1v) is 6.55. The topological polar surface area (TPSA) is 104 Å². The van der Waals surface area contributed by atoms with Gasteiger partial charge < -0.3 is 20.8 Å². The lowest BCUT2D eigenvalue weighted by Crippen LogP contribution is -2.30. The highest BCUT2D eigenvalue weighted by Crippen LogP contribution is 2.34. The molecule has 1 aromatic rings. The van der Waals surface area contributed by atoms with Crippen molar-refractivity contribution < 1.29 is 19.8 Å². The Morgan fingerprint density at radius 1 is 1.10 bits per heavy atom. The molecule has 6 heteroatoms. The van der Waals surface area contributed by atoms with Gasteiger partial charge in [0.05, 0.1) is 5.92 Å². The lowest BCUT2D eigenvalue weighted by Gasteiger charge is -2.21. The lowest BCUT2D eigenvalue weighted by atomic mass is 9.82. The Labute approximate surface area is 116 Å². The molecule has 1 aromatic carbocycles. The number of rotatable bonds is 2. The van der Waals surface area contributed by atoms with E-state index in [1.54, 1.807) is 12.1 Å². The molecule has 0 spiro atoms. The minimum Gasteiger partial charge on any atom is -0.481 e. The number of nitrogens with zero attached hydrogens (tertiary/aromatic N) is 1. The molecule has 2 unspecified atom stereocenters. The molecule has 1 saturated heterocycles. The van der Waals surface area contributed by atoms with Gasteiger partial charge in [0.2, 0.25) is 0 Å². The molecule has 20 heavy (non-hydrogen) atoms. The lowest BCUT2D eigenvalue weighted by molar-refractivity contribution is -0.142. The van der Waals surface area contributed by atoms with Crippen LogP contribution in [0.5, 0.6) is 0 Å². The molecule has 2 atom stereocenters. The molecular weight excluding hydrogens is 260 g/mol. The van der Waals surface area contributed by atoms with Crippen molar-refractivity contribution >= 4 is 17.7 Å². The predicted octanol–water partition coefficient (Wildman–Crippen LogP) is 1.83. The summed E-state index contributed by atoms with van der Waals surface area (Å²) in [6, 6.07) is 7.14. The van der Waals surface area contributed by atoms with Crippen molar-refractivity contribution in [1.82, 2.24) is 4.90 Å². The number of nitrogens with two attached hydrogens (primary N) is 1. The molecule has 0 saturated carbocycles. The van der Waals surface area contributed by atoms with Crippen molar-refractivity contribution in [2.75, 3.05) is 18.8 Å². The molecule has 4 N–H and O–H groups in total.